The first-order valence-corrected chi connectivity index (χ1v) is 7.13. The van der Waals surface area contributed by atoms with Crippen molar-refractivity contribution >= 4 is 21.8 Å². The number of hydrogen-bond acceptors (Lipinski definition) is 3. The zero-order chi connectivity index (χ0) is 14.3. The summed E-state index contributed by atoms with van der Waals surface area (Å²) in [5.74, 6) is 0.653. The van der Waals surface area contributed by atoms with Gasteiger partial charge >= 0.3 is 0 Å². The van der Waals surface area contributed by atoms with E-state index in [9.17, 15) is 4.79 Å². The van der Waals surface area contributed by atoms with Crippen LogP contribution in [0.1, 0.15) is 24.2 Å². The molecule has 0 aliphatic heterocycles. The van der Waals surface area contributed by atoms with Gasteiger partial charge in [0.15, 0.2) is 0 Å². The molecule has 0 saturated carbocycles. The van der Waals surface area contributed by atoms with E-state index < -0.39 is 0 Å². The molecule has 4 nitrogen and oxygen atoms in total. The van der Waals surface area contributed by atoms with Gasteiger partial charge in [-0.3, -0.25) is 4.79 Å². The Kier molecular flexibility index (Phi) is 6.87. The van der Waals surface area contributed by atoms with E-state index in [0.717, 1.165) is 4.47 Å². The van der Waals surface area contributed by atoms with E-state index in [0.29, 0.717) is 37.6 Å². The summed E-state index contributed by atoms with van der Waals surface area (Å²) in [6, 6.07) is 5.38. The van der Waals surface area contributed by atoms with E-state index >= 15 is 0 Å². The van der Waals surface area contributed by atoms with Crippen LogP contribution in [0.2, 0.25) is 0 Å². The van der Waals surface area contributed by atoms with Gasteiger partial charge in [-0.05, 0) is 48.0 Å². The summed E-state index contributed by atoms with van der Waals surface area (Å²) < 4.78 is 11.2. The summed E-state index contributed by atoms with van der Waals surface area (Å²) in [6.07, 6.45) is 0. The summed E-state index contributed by atoms with van der Waals surface area (Å²) in [7, 11) is 1.59. The van der Waals surface area contributed by atoms with E-state index in [1.54, 1.807) is 18.1 Å². The minimum absolute atomic E-state index is 0.0204. The molecule has 0 N–H and O–H groups in total. The lowest BCUT2D eigenvalue weighted by Gasteiger charge is -2.21. The predicted molar refractivity (Wildman–Crippen MR) is 78.8 cm³/mol. The standard InChI is InChI=1S/C14H20BrNO3/c1-4-16(8-9-19-5-2)14(17)12-10-11(18-3)6-7-13(12)15/h6-7,10H,4-5,8-9H2,1-3H3. The van der Waals surface area contributed by atoms with Gasteiger partial charge in [0, 0.05) is 24.2 Å². The summed E-state index contributed by atoms with van der Waals surface area (Å²) in [5, 5.41) is 0. The fourth-order valence-corrected chi connectivity index (χ4v) is 2.10. The number of nitrogens with zero attached hydrogens (tertiary/aromatic N) is 1. The molecule has 0 aromatic heterocycles. The van der Waals surface area contributed by atoms with Crippen LogP contribution in [0.25, 0.3) is 0 Å². The zero-order valence-corrected chi connectivity index (χ0v) is 13.2. The molecule has 0 atom stereocenters. The molecule has 0 unspecified atom stereocenters. The van der Waals surface area contributed by atoms with Gasteiger partial charge in [0.05, 0.1) is 19.3 Å². The third-order valence-electron chi connectivity index (χ3n) is 2.78. The third-order valence-corrected chi connectivity index (χ3v) is 3.47. The first-order chi connectivity index (χ1) is 9.13. The smallest absolute Gasteiger partial charge is 0.255 e. The normalized spacial score (nSPS) is 10.3. The molecule has 0 saturated heterocycles. The maximum Gasteiger partial charge on any atom is 0.255 e. The molecule has 0 radical (unpaired) electrons. The molecule has 5 heteroatoms. The van der Waals surface area contributed by atoms with Gasteiger partial charge < -0.3 is 14.4 Å². The number of halogens is 1. The SMILES string of the molecule is CCOCCN(CC)C(=O)c1cc(OC)ccc1Br. The first kappa shape index (κ1) is 16.0. The number of benzene rings is 1. The number of methoxy groups -OCH3 is 1. The van der Waals surface area contributed by atoms with Gasteiger partial charge in [-0.2, -0.15) is 0 Å². The van der Waals surface area contributed by atoms with Crippen molar-refractivity contribution in [1.29, 1.82) is 0 Å². The highest BCUT2D eigenvalue weighted by atomic mass is 79.9. The van der Waals surface area contributed by atoms with Crippen molar-refractivity contribution in [3.8, 4) is 5.75 Å². The molecule has 1 amide bonds. The maximum absolute atomic E-state index is 12.4. The lowest BCUT2D eigenvalue weighted by Crippen LogP contribution is -2.34. The number of carbonyl (C=O) groups excluding carboxylic acids is 1. The van der Waals surface area contributed by atoms with Crippen LogP contribution in [0.5, 0.6) is 5.75 Å². The van der Waals surface area contributed by atoms with Crippen LogP contribution < -0.4 is 4.74 Å². The third kappa shape index (κ3) is 4.51. The Bertz CT molecular complexity index is 423. The molecule has 0 fully saturated rings. The summed E-state index contributed by atoms with van der Waals surface area (Å²) in [5.41, 5.74) is 0.609. The molecule has 1 rings (SSSR count). The number of carbonyl (C=O) groups is 1. The van der Waals surface area contributed by atoms with Crippen LogP contribution in [-0.2, 0) is 4.74 Å². The molecule has 1 aromatic rings. The Morgan fingerprint density at radius 1 is 1.37 bits per heavy atom. The second-order valence-corrected chi connectivity index (χ2v) is 4.78. The van der Waals surface area contributed by atoms with E-state index in [2.05, 4.69) is 15.9 Å². The van der Waals surface area contributed by atoms with Crippen molar-refractivity contribution in [2.45, 2.75) is 13.8 Å². The number of amides is 1. The molecule has 0 aliphatic carbocycles. The highest BCUT2D eigenvalue weighted by molar-refractivity contribution is 9.10. The van der Waals surface area contributed by atoms with E-state index in [-0.39, 0.29) is 5.91 Å². The summed E-state index contributed by atoms with van der Waals surface area (Å²) in [4.78, 5) is 14.2. The Morgan fingerprint density at radius 3 is 2.68 bits per heavy atom. The molecule has 0 aliphatic rings. The van der Waals surface area contributed by atoms with Gasteiger partial charge in [0.1, 0.15) is 5.75 Å². The number of likely N-dealkylation sites (N-methyl/N-ethyl adjacent to an activating group) is 1. The van der Waals surface area contributed by atoms with Gasteiger partial charge in [-0.1, -0.05) is 0 Å². The molecule has 0 bridgehead atoms. The highest BCUT2D eigenvalue weighted by Crippen LogP contribution is 2.23. The number of hydrogen-bond donors (Lipinski definition) is 0. The fraction of sp³-hybridized carbons (Fsp3) is 0.500. The molecule has 0 spiro atoms. The quantitative estimate of drug-likeness (QED) is 0.722. The summed E-state index contributed by atoms with van der Waals surface area (Å²) >= 11 is 3.41. The van der Waals surface area contributed by atoms with E-state index in [1.165, 1.54) is 0 Å². The Morgan fingerprint density at radius 2 is 2.11 bits per heavy atom. The maximum atomic E-state index is 12.4. The second-order valence-electron chi connectivity index (χ2n) is 3.93. The topological polar surface area (TPSA) is 38.8 Å². The van der Waals surface area contributed by atoms with Gasteiger partial charge in [-0.25, -0.2) is 0 Å². The highest BCUT2D eigenvalue weighted by Gasteiger charge is 2.17. The van der Waals surface area contributed by atoms with Crippen molar-refractivity contribution in [3.05, 3.63) is 28.2 Å². The fourth-order valence-electron chi connectivity index (χ4n) is 1.69. The largest absolute Gasteiger partial charge is 0.497 e. The molecule has 19 heavy (non-hydrogen) atoms. The molecule has 1 aromatic carbocycles. The first-order valence-electron chi connectivity index (χ1n) is 6.34. The van der Waals surface area contributed by atoms with Gasteiger partial charge in [0.25, 0.3) is 5.91 Å². The van der Waals surface area contributed by atoms with Crippen molar-refractivity contribution in [1.82, 2.24) is 4.90 Å². The van der Waals surface area contributed by atoms with Crippen molar-refractivity contribution in [3.63, 3.8) is 0 Å². The number of rotatable bonds is 7. The lowest BCUT2D eigenvalue weighted by atomic mass is 10.2. The average molecular weight is 330 g/mol. The second kappa shape index (κ2) is 8.17. The Labute approximate surface area is 122 Å². The van der Waals surface area contributed by atoms with Gasteiger partial charge in [-0.15, -0.1) is 0 Å². The van der Waals surface area contributed by atoms with E-state index in [4.69, 9.17) is 9.47 Å². The van der Waals surface area contributed by atoms with Crippen LogP contribution in [0.15, 0.2) is 22.7 Å². The Hall–Kier alpha value is -1.07. The zero-order valence-electron chi connectivity index (χ0n) is 11.6. The summed E-state index contributed by atoms with van der Waals surface area (Å²) in [6.45, 7) is 6.35. The van der Waals surface area contributed by atoms with E-state index in [1.807, 2.05) is 26.0 Å². The van der Waals surface area contributed by atoms with Crippen LogP contribution >= 0.6 is 15.9 Å². The average Bonchev–Trinajstić information content (AvgIpc) is 2.43. The molecular formula is C14H20BrNO3. The van der Waals surface area contributed by atoms with Crippen molar-refractivity contribution in [2.24, 2.45) is 0 Å². The van der Waals surface area contributed by atoms with Crippen LogP contribution in [0.4, 0.5) is 0 Å². The molecule has 106 valence electrons. The Balaban J connectivity index is 2.84. The predicted octanol–water partition coefficient (Wildman–Crippen LogP) is 2.96. The van der Waals surface area contributed by atoms with Crippen LogP contribution in [-0.4, -0.2) is 44.2 Å². The van der Waals surface area contributed by atoms with Crippen molar-refractivity contribution in [2.75, 3.05) is 33.4 Å². The lowest BCUT2D eigenvalue weighted by molar-refractivity contribution is 0.0668. The minimum atomic E-state index is -0.0204. The van der Waals surface area contributed by atoms with Gasteiger partial charge in [0.2, 0.25) is 0 Å². The van der Waals surface area contributed by atoms with Crippen LogP contribution in [0, 0.1) is 0 Å². The minimum Gasteiger partial charge on any atom is -0.497 e. The molecular weight excluding hydrogens is 310 g/mol. The monoisotopic (exact) mass is 329 g/mol. The molecule has 0 heterocycles. The van der Waals surface area contributed by atoms with Crippen molar-refractivity contribution < 1.29 is 14.3 Å². The number of ether oxygens (including phenoxy) is 2. The van der Waals surface area contributed by atoms with Crippen LogP contribution in [0.3, 0.4) is 0 Å².